The molecule has 1 aliphatic rings. The molecule has 0 spiro atoms. The molecule has 4 rings (SSSR count). The Morgan fingerprint density at radius 2 is 1.91 bits per heavy atom. The smallest absolute Gasteiger partial charge is 0.354 e. The lowest BCUT2D eigenvalue weighted by Crippen LogP contribution is -2.42. The molecule has 2 heterocycles. The van der Waals surface area contributed by atoms with E-state index in [1.54, 1.807) is 29.2 Å². The van der Waals surface area contributed by atoms with Crippen molar-refractivity contribution in [1.29, 1.82) is 0 Å². The molecule has 1 aromatic heterocycles. The summed E-state index contributed by atoms with van der Waals surface area (Å²) < 4.78 is 14.7. The third-order valence-corrected chi connectivity index (χ3v) is 7.00. The molecule has 0 unspecified atom stereocenters. The molecule has 0 bridgehead atoms. The zero-order chi connectivity index (χ0) is 25.3. The Morgan fingerprint density at radius 1 is 1.20 bits per heavy atom. The molecule has 0 radical (unpaired) electrons. The van der Waals surface area contributed by atoms with Gasteiger partial charge in [-0.05, 0) is 49.7 Å². The van der Waals surface area contributed by atoms with Crippen LogP contribution in [0.25, 0.3) is 0 Å². The van der Waals surface area contributed by atoms with E-state index in [2.05, 4.69) is 10.4 Å². The number of nitrogens with one attached hydrogen (secondary N) is 1. The second kappa shape index (κ2) is 10.4. The van der Waals surface area contributed by atoms with Gasteiger partial charge in [-0.15, -0.1) is 0 Å². The van der Waals surface area contributed by atoms with Crippen molar-refractivity contribution in [3.05, 3.63) is 86.4 Å². The zero-order valence-corrected chi connectivity index (χ0v) is 20.8. The van der Waals surface area contributed by atoms with E-state index >= 15 is 0 Å². The Balaban J connectivity index is 1.51. The van der Waals surface area contributed by atoms with Crippen LogP contribution >= 0.6 is 23.2 Å². The van der Waals surface area contributed by atoms with Crippen molar-refractivity contribution in [2.75, 3.05) is 6.54 Å². The standard InChI is InChI=1S/C25H25Cl2FN4O3/c1-14-11-22-19(13-31(14)24(33)17-5-8-20(26)21(27)12-17)23(25(34)35)32(30-22)10-9-29-15(2)16-3-6-18(28)7-4-16/h3-8,12,14-15,29H,9-11,13H2,1-2H3,(H,34,35)/t14-,15+/m1/s1. The molecular weight excluding hydrogens is 494 g/mol. The van der Waals surface area contributed by atoms with Gasteiger partial charge >= 0.3 is 5.97 Å². The van der Waals surface area contributed by atoms with Gasteiger partial charge in [-0.1, -0.05) is 35.3 Å². The maximum Gasteiger partial charge on any atom is 0.354 e. The van der Waals surface area contributed by atoms with Gasteiger partial charge in [-0.2, -0.15) is 5.10 Å². The van der Waals surface area contributed by atoms with Crippen molar-refractivity contribution >= 4 is 35.1 Å². The Morgan fingerprint density at radius 3 is 2.57 bits per heavy atom. The Kier molecular flexibility index (Phi) is 7.44. The molecule has 2 aromatic carbocycles. The minimum absolute atomic E-state index is 0.0478. The van der Waals surface area contributed by atoms with Crippen LogP contribution in [0.4, 0.5) is 4.39 Å². The highest BCUT2D eigenvalue weighted by atomic mass is 35.5. The van der Waals surface area contributed by atoms with Crippen molar-refractivity contribution < 1.29 is 19.1 Å². The zero-order valence-electron chi connectivity index (χ0n) is 19.3. The van der Waals surface area contributed by atoms with E-state index in [0.717, 1.165) is 5.56 Å². The summed E-state index contributed by atoms with van der Waals surface area (Å²) in [6.45, 7) is 4.78. The Hall–Kier alpha value is -2.94. The summed E-state index contributed by atoms with van der Waals surface area (Å²) in [6, 6.07) is 10.7. The molecular formula is C25H25Cl2FN4O3. The van der Waals surface area contributed by atoms with Crippen LogP contribution in [0.1, 0.15) is 57.6 Å². The van der Waals surface area contributed by atoms with E-state index in [9.17, 15) is 19.1 Å². The highest BCUT2D eigenvalue weighted by Crippen LogP contribution is 2.29. The van der Waals surface area contributed by atoms with Gasteiger partial charge in [0.2, 0.25) is 0 Å². The first kappa shape index (κ1) is 25.2. The average Bonchev–Trinajstić information content (AvgIpc) is 3.17. The van der Waals surface area contributed by atoms with Gasteiger partial charge in [0.15, 0.2) is 5.69 Å². The summed E-state index contributed by atoms with van der Waals surface area (Å²) in [5.41, 5.74) is 2.61. The number of nitrogens with zero attached hydrogens (tertiary/aromatic N) is 3. The molecule has 0 aliphatic carbocycles. The fourth-order valence-electron chi connectivity index (χ4n) is 4.32. The molecule has 0 saturated carbocycles. The number of carbonyl (C=O) groups is 2. The molecule has 184 valence electrons. The fourth-order valence-corrected chi connectivity index (χ4v) is 4.62. The number of rotatable bonds is 7. The van der Waals surface area contributed by atoms with Crippen LogP contribution in [-0.2, 0) is 19.5 Å². The van der Waals surface area contributed by atoms with Crippen LogP contribution in [0.3, 0.4) is 0 Å². The van der Waals surface area contributed by atoms with E-state index in [0.29, 0.717) is 41.4 Å². The largest absolute Gasteiger partial charge is 0.477 e. The van der Waals surface area contributed by atoms with Gasteiger partial charge in [-0.25, -0.2) is 9.18 Å². The normalized spacial score (nSPS) is 16.1. The minimum Gasteiger partial charge on any atom is -0.477 e. The monoisotopic (exact) mass is 518 g/mol. The topological polar surface area (TPSA) is 87.5 Å². The number of hydrogen-bond donors (Lipinski definition) is 2. The van der Waals surface area contributed by atoms with Crippen LogP contribution in [-0.4, -0.2) is 44.3 Å². The summed E-state index contributed by atoms with van der Waals surface area (Å²) >= 11 is 12.1. The molecule has 2 atom stereocenters. The van der Waals surface area contributed by atoms with Gasteiger partial charge in [0, 0.05) is 36.2 Å². The highest BCUT2D eigenvalue weighted by Gasteiger charge is 2.34. The lowest BCUT2D eigenvalue weighted by molar-refractivity contribution is 0.0634. The molecule has 10 heteroatoms. The predicted octanol–water partition coefficient (Wildman–Crippen LogP) is 4.97. The number of benzene rings is 2. The quantitative estimate of drug-likeness (QED) is 0.461. The van der Waals surface area contributed by atoms with Crippen LogP contribution in [0.2, 0.25) is 10.0 Å². The van der Waals surface area contributed by atoms with Gasteiger partial charge in [0.05, 0.1) is 28.8 Å². The summed E-state index contributed by atoms with van der Waals surface area (Å²) in [4.78, 5) is 27.0. The number of aromatic carboxylic acids is 1. The third kappa shape index (κ3) is 5.34. The van der Waals surface area contributed by atoms with Crippen molar-refractivity contribution in [1.82, 2.24) is 20.0 Å². The number of halogens is 3. The fraction of sp³-hybridized carbons (Fsp3) is 0.320. The molecule has 3 aromatic rings. The van der Waals surface area contributed by atoms with E-state index in [1.807, 2.05) is 13.8 Å². The summed E-state index contributed by atoms with van der Waals surface area (Å²) in [5, 5.41) is 18.5. The number of aromatic nitrogens is 2. The molecule has 2 N–H and O–H groups in total. The number of hydrogen-bond acceptors (Lipinski definition) is 4. The lowest BCUT2D eigenvalue weighted by Gasteiger charge is -2.33. The van der Waals surface area contributed by atoms with E-state index < -0.39 is 5.97 Å². The molecule has 1 amide bonds. The van der Waals surface area contributed by atoms with Crippen molar-refractivity contribution in [3.8, 4) is 0 Å². The molecule has 7 nitrogen and oxygen atoms in total. The number of carboxylic acids is 1. The van der Waals surface area contributed by atoms with Crippen LogP contribution in [0.15, 0.2) is 42.5 Å². The maximum atomic E-state index is 13.2. The second-order valence-electron chi connectivity index (χ2n) is 8.64. The lowest BCUT2D eigenvalue weighted by atomic mass is 9.98. The maximum absolute atomic E-state index is 13.2. The van der Waals surface area contributed by atoms with Crippen LogP contribution in [0.5, 0.6) is 0 Å². The van der Waals surface area contributed by atoms with Crippen LogP contribution < -0.4 is 5.32 Å². The number of amides is 1. The van der Waals surface area contributed by atoms with Gasteiger partial charge in [0.1, 0.15) is 5.82 Å². The first-order valence-corrected chi connectivity index (χ1v) is 12.0. The number of carbonyl (C=O) groups excluding carboxylic acids is 1. The third-order valence-electron chi connectivity index (χ3n) is 6.26. The highest BCUT2D eigenvalue weighted by molar-refractivity contribution is 6.42. The Labute approximate surface area is 212 Å². The first-order chi connectivity index (χ1) is 16.7. The molecule has 0 saturated heterocycles. The van der Waals surface area contributed by atoms with Gasteiger partial charge in [0.25, 0.3) is 5.91 Å². The summed E-state index contributed by atoms with van der Waals surface area (Å²) in [6.07, 6.45) is 0.440. The van der Waals surface area contributed by atoms with Crippen molar-refractivity contribution in [2.45, 2.75) is 45.4 Å². The van der Waals surface area contributed by atoms with Gasteiger partial charge in [-0.3, -0.25) is 9.48 Å². The molecule has 1 aliphatic heterocycles. The summed E-state index contributed by atoms with van der Waals surface area (Å²) in [7, 11) is 0. The van der Waals surface area contributed by atoms with Gasteiger partial charge < -0.3 is 15.3 Å². The summed E-state index contributed by atoms with van der Waals surface area (Å²) in [5.74, 6) is -1.64. The van der Waals surface area contributed by atoms with Crippen molar-refractivity contribution in [2.24, 2.45) is 0 Å². The SMILES string of the molecule is C[C@H](NCCn1nc2c(c1C(=O)O)CN(C(=O)c1ccc(Cl)c(Cl)c1)[C@H](C)C2)c1ccc(F)cc1. The van der Waals surface area contributed by atoms with Crippen LogP contribution in [0, 0.1) is 5.82 Å². The van der Waals surface area contributed by atoms with E-state index in [-0.39, 0.29) is 41.1 Å². The minimum atomic E-state index is -1.10. The Bertz CT molecular complexity index is 1260. The molecule has 35 heavy (non-hydrogen) atoms. The van der Waals surface area contributed by atoms with Crippen molar-refractivity contribution in [3.63, 3.8) is 0 Å². The second-order valence-corrected chi connectivity index (χ2v) is 9.46. The number of fused-ring (bicyclic) bond motifs is 1. The predicted molar refractivity (Wildman–Crippen MR) is 132 cm³/mol. The van der Waals surface area contributed by atoms with E-state index in [1.165, 1.54) is 22.9 Å². The molecule has 0 fully saturated rings. The van der Waals surface area contributed by atoms with E-state index in [4.69, 9.17) is 23.2 Å². The number of carboxylic acid groups (broad SMARTS) is 1. The average molecular weight is 519 g/mol. The first-order valence-electron chi connectivity index (χ1n) is 11.2.